The number of carbonyl (C=O) groups excluding carboxylic acids is 2. The van der Waals surface area contributed by atoms with E-state index in [-0.39, 0.29) is 10.6 Å². The molecule has 9 heteroatoms. The Balaban J connectivity index is 2.01. The van der Waals surface area contributed by atoms with E-state index in [0.29, 0.717) is 23.9 Å². The van der Waals surface area contributed by atoms with E-state index in [0.717, 1.165) is 12.1 Å². The third-order valence-electron chi connectivity index (χ3n) is 3.52. The van der Waals surface area contributed by atoms with Crippen molar-refractivity contribution in [2.75, 3.05) is 25.6 Å². The van der Waals surface area contributed by atoms with Crippen molar-refractivity contribution in [3.05, 3.63) is 34.5 Å². The standard InChI is InChI=1S/C18H22ClN3O5/c1-5-6-26-17-13(19)8-12(9-14(17)25-4)18(24)27-10-16(23)20-15-7-11(2)21-22(15)3/h7-9H,5-6,10H2,1-4H3,(H,20,23). The first kappa shape index (κ1) is 20.6. The van der Waals surface area contributed by atoms with E-state index in [1.165, 1.54) is 23.9 Å². The molecule has 2 aromatic rings. The molecule has 0 aliphatic heterocycles. The number of anilines is 1. The molecule has 1 aromatic heterocycles. The monoisotopic (exact) mass is 395 g/mol. The minimum atomic E-state index is -0.700. The van der Waals surface area contributed by atoms with Crippen molar-refractivity contribution < 1.29 is 23.8 Å². The molecule has 0 atom stereocenters. The second kappa shape index (κ2) is 9.27. The average Bonchev–Trinajstić information content (AvgIpc) is 2.94. The fourth-order valence-electron chi connectivity index (χ4n) is 2.30. The van der Waals surface area contributed by atoms with E-state index in [1.807, 2.05) is 6.92 Å². The minimum Gasteiger partial charge on any atom is -0.493 e. The lowest BCUT2D eigenvalue weighted by atomic mass is 10.2. The van der Waals surface area contributed by atoms with Gasteiger partial charge in [0, 0.05) is 13.1 Å². The zero-order chi connectivity index (χ0) is 20.0. The SMILES string of the molecule is CCCOc1c(Cl)cc(C(=O)OCC(=O)Nc2cc(C)nn2C)cc1OC. The maximum absolute atomic E-state index is 12.2. The summed E-state index contributed by atoms with van der Waals surface area (Å²) in [4.78, 5) is 24.2. The van der Waals surface area contributed by atoms with Gasteiger partial charge in [-0.1, -0.05) is 18.5 Å². The van der Waals surface area contributed by atoms with Gasteiger partial charge in [-0.15, -0.1) is 0 Å². The van der Waals surface area contributed by atoms with Gasteiger partial charge in [0.25, 0.3) is 5.91 Å². The Morgan fingerprint density at radius 3 is 2.63 bits per heavy atom. The number of rotatable bonds is 8. The summed E-state index contributed by atoms with van der Waals surface area (Å²) in [6, 6.07) is 4.58. The van der Waals surface area contributed by atoms with Crippen LogP contribution in [0.5, 0.6) is 11.5 Å². The highest BCUT2D eigenvalue weighted by Crippen LogP contribution is 2.36. The molecule has 0 spiro atoms. The Kier molecular flexibility index (Phi) is 7.06. The molecule has 1 amide bonds. The third-order valence-corrected chi connectivity index (χ3v) is 3.80. The van der Waals surface area contributed by atoms with Gasteiger partial charge >= 0.3 is 5.97 Å². The maximum atomic E-state index is 12.2. The van der Waals surface area contributed by atoms with Crippen molar-refractivity contribution in [3.8, 4) is 11.5 Å². The summed E-state index contributed by atoms with van der Waals surface area (Å²) in [5, 5.41) is 6.96. The van der Waals surface area contributed by atoms with Crippen molar-refractivity contribution in [2.45, 2.75) is 20.3 Å². The molecule has 1 aromatic carbocycles. The van der Waals surface area contributed by atoms with Crippen LogP contribution in [0, 0.1) is 6.92 Å². The molecular weight excluding hydrogens is 374 g/mol. The van der Waals surface area contributed by atoms with Crippen LogP contribution in [0.1, 0.15) is 29.4 Å². The molecule has 146 valence electrons. The summed E-state index contributed by atoms with van der Waals surface area (Å²) in [6.45, 7) is 3.79. The molecular formula is C18H22ClN3O5. The Hall–Kier alpha value is -2.74. The van der Waals surface area contributed by atoms with Gasteiger partial charge in [-0.25, -0.2) is 4.79 Å². The minimum absolute atomic E-state index is 0.157. The van der Waals surface area contributed by atoms with Crippen LogP contribution >= 0.6 is 11.6 Å². The zero-order valence-corrected chi connectivity index (χ0v) is 16.4. The van der Waals surface area contributed by atoms with Gasteiger partial charge in [0.05, 0.1) is 30.0 Å². The molecule has 27 heavy (non-hydrogen) atoms. The summed E-state index contributed by atoms with van der Waals surface area (Å²) in [5.41, 5.74) is 0.918. The van der Waals surface area contributed by atoms with Crippen molar-refractivity contribution in [3.63, 3.8) is 0 Å². The van der Waals surface area contributed by atoms with Gasteiger partial charge in [-0.3, -0.25) is 9.48 Å². The average molecular weight is 396 g/mol. The molecule has 0 saturated heterocycles. The van der Waals surface area contributed by atoms with E-state index in [1.54, 1.807) is 20.0 Å². The quantitative estimate of drug-likeness (QED) is 0.691. The fraction of sp³-hybridized carbons (Fsp3) is 0.389. The zero-order valence-electron chi connectivity index (χ0n) is 15.7. The first-order valence-corrected chi connectivity index (χ1v) is 8.71. The molecule has 0 fully saturated rings. The molecule has 0 bridgehead atoms. The van der Waals surface area contributed by atoms with Gasteiger partial charge < -0.3 is 19.5 Å². The van der Waals surface area contributed by atoms with E-state index in [9.17, 15) is 9.59 Å². The summed E-state index contributed by atoms with van der Waals surface area (Å²) in [6.07, 6.45) is 0.800. The molecule has 2 rings (SSSR count). The molecule has 0 aliphatic rings. The number of aryl methyl sites for hydroxylation is 2. The van der Waals surface area contributed by atoms with Crippen molar-refractivity contribution >= 4 is 29.3 Å². The molecule has 1 N–H and O–H groups in total. The third kappa shape index (κ3) is 5.37. The number of benzene rings is 1. The van der Waals surface area contributed by atoms with Crippen LogP contribution in [0.25, 0.3) is 0 Å². The van der Waals surface area contributed by atoms with E-state index in [2.05, 4.69) is 10.4 Å². The topological polar surface area (TPSA) is 91.7 Å². The number of hydrogen-bond donors (Lipinski definition) is 1. The van der Waals surface area contributed by atoms with Crippen LogP contribution in [0.15, 0.2) is 18.2 Å². The predicted octanol–water partition coefficient (Wildman–Crippen LogP) is 2.97. The maximum Gasteiger partial charge on any atom is 0.338 e. The Bertz CT molecular complexity index is 835. The van der Waals surface area contributed by atoms with E-state index < -0.39 is 18.5 Å². The highest BCUT2D eigenvalue weighted by Gasteiger charge is 2.18. The Labute approximate surface area is 162 Å². The summed E-state index contributed by atoms with van der Waals surface area (Å²) >= 11 is 6.18. The van der Waals surface area contributed by atoms with Crippen LogP contribution in [-0.2, 0) is 16.6 Å². The van der Waals surface area contributed by atoms with E-state index >= 15 is 0 Å². The van der Waals surface area contributed by atoms with Gasteiger partial charge in [-0.05, 0) is 25.5 Å². The number of esters is 1. The summed E-state index contributed by atoms with van der Waals surface area (Å²) < 4.78 is 17.3. The molecule has 0 aliphatic carbocycles. The van der Waals surface area contributed by atoms with Crippen LogP contribution in [0.2, 0.25) is 5.02 Å². The highest BCUT2D eigenvalue weighted by molar-refractivity contribution is 6.32. The normalized spacial score (nSPS) is 10.4. The Morgan fingerprint density at radius 2 is 2.04 bits per heavy atom. The highest BCUT2D eigenvalue weighted by atomic mass is 35.5. The van der Waals surface area contributed by atoms with Crippen LogP contribution in [0.3, 0.4) is 0 Å². The number of hydrogen-bond acceptors (Lipinski definition) is 6. The second-order valence-electron chi connectivity index (χ2n) is 5.76. The number of nitrogens with one attached hydrogen (secondary N) is 1. The molecule has 0 unspecified atom stereocenters. The fourth-order valence-corrected chi connectivity index (χ4v) is 2.57. The lowest BCUT2D eigenvalue weighted by Gasteiger charge is -2.13. The largest absolute Gasteiger partial charge is 0.493 e. The molecule has 8 nitrogen and oxygen atoms in total. The molecule has 0 radical (unpaired) electrons. The lowest BCUT2D eigenvalue weighted by Crippen LogP contribution is -2.22. The summed E-state index contributed by atoms with van der Waals surface area (Å²) in [5.74, 6) is 0.0103. The number of nitrogens with zero attached hydrogens (tertiary/aromatic N) is 2. The summed E-state index contributed by atoms with van der Waals surface area (Å²) in [7, 11) is 3.15. The van der Waals surface area contributed by atoms with Crippen LogP contribution in [-0.4, -0.2) is 42.0 Å². The first-order valence-electron chi connectivity index (χ1n) is 8.33. The van der Waals surface area contributed by atoms with Crippen molar-refractivity contribution in [2.24, 2.45) is 7.05 Å². The lowest BCUT2D eigenvalue weighted by molar-refractivity contribution is -0.119. The number of amides is 1. The second-order valence-corrected chi connectivity index (χ2v) is 6.16. The first-order chi connectivity index (χ1) is 12.8. The number of methoxy groups -OCH3 is 1. The smallest absolute Gasteiger partial charge is 0.338 e. The number of carbonyl (C=O) groups is 2. The number of aromatic nitrogens is 2. The van der Waals surface area contributed by atoms with Gasteiger partial charge in [0.2, 0.25) is 0 Å². The molecule has 1 heterocycles. The molecule has 0 saturated carbocycles. The van der Waals surface area contributed by atoms with Crippen molar-refractivity contribution in [1.29, 1.82) is 0 Å². The van der Waals surface area contributed by atoms with Crippen LogP contribution < -0.4 is 14.8 Å². The van der Waals surface area contributed by atoms with E-state index in [4.69, 9.17) is 25.8 Å². The van der Waals surface area contributed by atoms with Crippen LogP contribution in [0.4, 0.5) is 5.82 Å². The predicted molar refractivity (Wildman–Crippen MR) is 101 cm³/mol. The van der Waals surface area contributed by atoms with Gasteiger partial charge in [-0.2, -0.15) is 5.10 Å². The Morgan fingerprint density at radius 1 is 1.30 bits per heavy atom. The van der Waals surface area contributed by atoms with Gasteiger partial charge in [0.1, 0.15) is 5.82 Å². The van der Waals surface area contributed by atoms with Crippen molar-refractivity contribution in [1.82, 2.24) is 9.78 Å². The number of ether oxygens (including phenoxy) is 3. The number of halogens is 1. The van der Waals surface area contributed by atoms with Gasteiger partial charge in [0.15, 0.2) is 18.1 Å².